The van der Waals surface area contributed by atoms with Gasteiger partial charge in [0.15, 0.2) is 0 Å². The first kappa shape index (κ1) is 22.1. The van der Waals surface area contributed by atoms with Crippen molar-refractivity contribution in [3.63, 3.8) is 0 Å². The van der Waals surface area contributed by atoms with Crippen molar-refractivity contribution in [3.05, 3.63) is 132 Å². The first-order chi connectivity index (χ1) is 17.7. The maximum atomic E-state index is 13.1. The molecule has 0 unspecified atom stereocenters. The van der Waals surface area contributed by atoms with Gasteiger partial charge in [0.2, 0.25) is 0 Å². The molecule has 0 radical (unpaired) electrons. The Morgan fingerprint density at radius 2 is 1.39 bits per heavy atom. The number of hydrogen-bond donors (Lipinski definition) is 1. The van der Waals surface area contributed by atoms with Crippen molar-refractivity contribution in [1.29, 1.82) is 0 Å². The lowest BCUT2D eigenvalue weighted by molar-refractivity contribution is 0.139. The van der Waals surface area contributed by atoms with E-state index in [1.54, 1.807) is 0 Å². The molecule has 0 heterocycles. The summed E-state index contributed by atoms with van der Waals surface area (Å²) < 4.78 is 5.85. The molecule has 1 N–H and O–H groups in total. The van der Waals surface area contributed by atoms with Crippen molar-refractivity contribution in [2.24, 2.45) is 0 Å². The topological polar surface area (TPSA) is 38.3 Å². The molecule has 1 aliphatic carbocycles. The fourth-order valence-electron chi connectivity index (χ4n) is 5.58. The zero-order chi connectivity index (χ0) is 24.5. The van der Waals surface area contributed by atoms with Crippen LogP contribution in [0.25, 0.3) is 32.7 Å². The van der Waals surface area contributed by atoms with Crippen LogP contribution in [0, 0.1) is 0 Å². The lowest BCUT2D eigenvalue weighted by Gasteiger charge is -2.22. The van der Waals surface area contributed by atoms with E-state index in [1.165, 1.54) is 33.0 Å². The van der Waals surface area contributed by atoms with Crippen molar-refractivity contribution < 1.29 is 9.53 Å². The van der Waals surface area contributed by atoms with Gasteiger partial charge in [-0.3, -0.25) is 0 Å². The molecule has 3 nitrogen and oxygen atoms in total. The summed E-state index contributed by atoms with van der Waals surface area (Å²) in [7, 11) is 0. The summed E-state index contributed by atoms with van der Waals surface area (Å²) in [6.07, 6.45) is 2.03. The molecule has 0 saturated heterocycles. The van der Waals surface area contributed by atoms with Gasteiger partial charge in [-0.1, -0.05) is 103 Å². The Morgan fingerprint density at radius 3 is 2.08 bits per heavy atom. The van der Waals surface area contributed by atoms with Crippen LogP contribution < -0.4 is 5.32 Å². The second-order valence-electron chi connectivity index (χ2n) is 9.28. The molecule has 5 aromatic rings. The zero-order valence-electron chi connectivity index (χ0n) is 20.0. The summed E-state index contributed by atoms with van der Waals surface area (Å²) in [5.74, 6) is 0.0301. The minimum absolute atomic E-state index is 0.0301. The van der Waals surface area contributed by atoms with Crippen LogP contribution in [0.2, 0.25) is 0 Å². The molecule has 1 aliphatic rings. The second-order valence-corrected chi connectivity index (χ2v) is 9.28. The molecule has 36 heavy (non-hydrogen) atoms. The van der Waals surface area contributed by atoms with Crippen LogP contribution in [0.15, 0.2) is 116 Å². The SMILES string of the molecule is C=CC[C@@H](NC(=O)OCC1c2ccccc2-c2ccccc21)c1cc2ccccc2c2ccccc12. The molecule has 0 saturated carbocycles. The van der Waals surface area contributed by atoms with Crippen molar-refractivity contribution in [1.82, 2.24) is 5.32 Å². The molecule has 1 atom stereocenters. The van der Waals surface area contributed by atoms with Crippen molar-refractivity contribution in [2.75, 3.05) is 6.61 Å². The van der Waals surface area contributed by atoms with Gasteiger partial charge in [0.1, 0.15) is 6.61 Å². The summed E-state index contributed by atoms with van der Waals surface area (Å²) in [5.41, 5.74) is 5.91. The van der Waals surface area contributed by atoms with Gasteiger partial charge in [0, 0.05) is 5.92 Å². The minimum atomic E-state index is -0.416. The van der Waals surface area contributed by atoms with Crippen LogP contribution in [-0.2, 0) is 4.74 Å². The maximum Gasteiger partial charge on any atom is 0.407 e. The largest absolute Gasteiger partial charge is 0.449 e. The molecule has 0 fully saturated rings. The van der Waals surface area contributed by atoms with E-state index in [9.17, 15) is 4.79 Å². The van der Waals surface area contributed by atoms with E-state index in [4.69, 9.17) is 4.74 Å². The number of amides is 1. The Balaban J connectivity index is 1.27. The predicted molar refractivity (Wildman–Crippen MR) is 147 cm³/mol. The summed E-state index contributed by atoms with van der Waals surface area (Å²) in [6, 6.07) is 35.4. The highest BCUT2D eigenvalue weighted by Crippen LogP contribution is 2.44. The summed E-state index contributed by atoms with van der Waals surface area (Å²) in [5, 5.41) is 7.78. The quantitative estimate of drug-likeness (QED) is 0.201. The standard InChI is InChI=1S/C33H27NO2/c1-2-11-32(30-20-22-12-3-4-13-23(22)24-14-5-8-17-27(24)30)34-33(35)36-21-31-28-18-9-6-15-25(28)26-16-7-10-19-29(26)31/h2-10,12-20,31-32H,1,11,21H2,(H,34,35)/t32-/m1/s1. The lowest BCUT2D eigenvalue weighted by Crippen LogP contribution is -2.30. The van der Waals surface area contributed by atoms with Crippen LogP contribution in [0.5, 0.6) is 0 Å². The normalized spacial score (nSPS) is 13.2. The number of ether oxygens (including phenoxy) is 1. The fraction of sp³-hybridized carbons (Fsp3) is 0.121. The van der Waals surface area contributed by atoms with E-state index in [0.717, 1.165) is 16.3 Å². The fourth-order valence-corrected chi connectivity index (χ4v) is 5.58. The summed E-state index contributed by atoms with van der Waals surface area (Å²) in [4.78, 5) is 13.1. The number of alkyl carbamates (subject to hydrolysis) is 1. The predicted octanol–water partition coefficient (Wildman–Crippen LogP) is 8.15. The van der Waals surface area contributed by atoms with Gasteiger partial charge in [0.25, 0.3) is 0 Å². The molecule has 1 amide bonds. The van der Waals surface area contributed by atoms with Gasteiger partial charge in [0.05, 0.1) is 6.04 Å². The molecule has 5 aromatic carbocycles. The number of nitrogens with one attached hydrogen (secondary N) is 1. The van der Waals surface area contributed by atoms with E-state index in [1.807, 2.05) is 30.3 Å². The number of benzene rings is 5. The molecule has 3 heteroatoms. The lowest BCUT2D eigenvalue weighted by atomic mass is 9.92. The van der Waals surface area contributed by atoms with Crippen LogP contribution >= 0.6 is 0 Å². The van der Waals surface area contributed by atoms with Gasteiger partial charge in [-0.2, -0.15) is 0 Å². The van der Waals surface area contributed by atoms with Crippen molar-refractivity contribution in [3.8, 4) is 11.1 Å². The third-order valence-electron chi connectivity index (χ3n) is 7.21. The highest BCUT2D eigenvalue weighted by Gasteiger charge is 2.29. The number of carbonyl (C=O) groups is 1. The Morgan fingerprint density at radius 1 is 0.806 bits per heavy atom. The molecule has 176 valence electrons. The number of fused-ring (bicyclic) bond motifs is 6. The van der Waals surface area contributed by atoms with Crippen molar-refractivity contribution in [2.45, 2.75) is 18.4 Å². The Hall–Kier alpha value is -4.37. The number of carbonyl (C=O) groups excluding carboxylic acids is 1. The molecule has 0 aliphatic heterocycles. The van der Waals surface area contributed by atoms with E-state index >= 15 is 0 Å². The van der Waals surface area contributed by atoms with Crippen LogP contribution in [0.4, 0.5) is 4.79 Å². The highest BCUT2D eigenvalue weighted by molar-refractivity contribution is 6.09. The summed E-state index contributed by atoms with van der Waals surface area (Å²) >= 11 is 0. The van der Waals surface area contributed by atoms with E-state index < -0.39 is 6.09 Å². The molecular formula is C33H27NO2. The third kappa shape index (κ3) is 3.83. The number of hydrogen-bond acceptors (Lipinski definition) is 2. The average molecular weight is 470 g/mol. The Labute approximate surface area is 211 Å². The zero-order valence-corrected chi connectivity index (χ0v) is 20.0. The van der Waals surface area contributed by atoms with Crippen molar-refractivity contribution >= 4 is 27.6 Å². The first-order valence-electron chi connectivity index (χ1n) is 12.4. The van der Waals surface area contributed by atoms with Gasteiger partial charge in [-0.15, -0.1) is 6.58 Å². The number of rotatable bonds is 6. The first-order valence-corrected chi connectivity index (χ1v) is 12.4. The Bertz CT molecular complexity index is 1560. The van der Waals surface area contributed by atoms with Gasteiger partial charge >= 0.3 is 6.09 Å². The summed E-state index contributed by atoms with van der Waals surface area (Å²) in [6.45, 7) is 4.23. The smallest absolute Gasteiger partial charge is 0.407 e. The van der Waals surface area contributed by atoms with Gasteiger partial charge < -0.3 is 10.1 Å². The highest BCUT2D eigenvalue weighted by atomic mass is 16.5. The molecule has 0 spiro atoms. The van der Waals surface area contributed by atoms with E-state index in [0.29, 0.717) is 13.0 Å². The third-order valence-corrected chi connectivity index (χ3v) is 7.21. The van der Waals surface area contributed by atoms with E-state index in [-0.39, 0.29) is 12.0 Å². The molecule has 6 rings (SSSR count). The van der Waals surface area contributed by atoms with Crippen LogP contribution in [0.3, 0.4) is 0 Å². The monoisotopic (exact) mass is 469 g/mol. The van der Waals surface area contributed by atoms with Crippen LogP contribution in [-0.4, -0.2) is 12.7 Å². The van der Waals surface area contributed by atoms with Crippen LogP contribution in [0.1, 0.15) is 35.1 Å². The van der Waals surface area contributed by atoms with E-state index in [2.05, 4.69) is 90.8 Å². The second kappa shape index (κ2) is 9.35. The molecular weight excluding hydrogens is 442 g/mol. The van der Waals surface area contributed by atoms with Gasteiger partial charge in [-0.25, -0.2) is 4.79 Å². The molecule has 0 bridgehead atoms. The minimum Gasteiger partial charge on any atom is -0.449 e. The Kier molecular flexibility index (Phi) is 5.74. The molecule has 0 aromatic heterocycles. The van der Waals surface area contributed by atoms with Gasteiger partial charge in [-0.05, 0) is 61.8 Å². The average Bonchev–Trinajstić information content (AvgIpc) is 3.25. The maximum absolute atomic E-state index is 13.1.